The van der Waals surface area contributed by atoms with Gasteiger partial charge >= 0.3 is 20.0 Å². The molecule has 5 aromatic carbocycles. The van der Waals surface area contributed by atoms with Gasteiger partial charge in [-0.1, -0.05) is 194 Å². The number of aryl methyl sites for hydroxylation is 2. The molecule has 0 spiro atoms. The number of hydrogen-bond acceptors (Lipinski definition) is 7. The lowest BCUT2D eigenvalue weighted by Gasteiger charge is -2.43. The Labute approximate surface area is 410 Å². The summed E-state index contributed by atoms with van der Waals surface area (Å²) in [6.45, 7) is 20.8. The lowest BCUT2D eigenvalue weighted by atomic mass is 10.00. The first-order chi connectivity index (χ1) is 31.8. The highest BCUT2D eigenvalue weighted by Gasteiger charge is 2.55. The molecule has 0 radical (unpaired) electrons. The van der Waals surface area contributed by atoms with Crippen molar-refractivity contribution in [1.82, 2.24) is 9.13 Å². The predicted molar refractivity (Wildman–Crippen MR) is 284 cm³/mol. The summed E-state index contributed by atoms with van der Waals surface area (Å²) in [7, 11) is -6.32. The summed E-state index contributed by atoms with van der Waals surface area (Å²) in [5.41, 5.74) is -0.207. The van der Waals surface area contributed by atoms with Crippen molar-refractivity contribution in [3.05, 3.63) is 187 Å². The molecule has 0 amide bonds. The monoisotopic (exact) mass is 1010 g/mol. The summed E-state index contributed by atoms with van der Waals surface area (Å²) in [5, 5.41) is 3.75. The van der Waals surface area contributed by atoms with Crippen LogP contribution in [-0.4, -0.2) is 45.0 Å². The molecule has 0 N–H and O–H groups in total. The quantitative estimate of drug-likeness (QED) is 0.0708. The summed E-state index contributed by atoms with van der Waals surface area (Å²) in [6.07, 6.45) is 0.113. The Balaban J connectivity index is 1.32. The van der Waals surface area contributed by atoms with Crippen LogP contribution in [0.1, 0.15) is 85.1 Å². The highest BCUT2D eigenvalue weighted by molar-refractivity contribution is 9.11. The maximum Gasteiger partial charge on any atom is 0.333 e. The van der Waals surface area contributed by atoms with E-state index < -0.39 is 50.5 Å². The highest BCUT2D eigenvalue weighted by Crippen LogP contribution is 2.40. The van der Waals surface area contributed by atoms with E-state index >= 15 is 9.59 Å². The van der Waals surface area contributed by atoms with Crippen LogP contribution in [0, 0.1) is 6.92 Å². The van der Waals surface area contributed by atoms with Gasteiger partial charge in [-0.2, -0.15) is 0 Å². The van der Waals surface area contributed by atoms with Crippen LogP contribution in [0.2, 0.25) is 10.1 Å². The third kappa shape index (κ3) is 9.33. The van der Waals surface area contributed by atoms with Gasteiger partial charge in [-0.3, -0.25) is 14.2 Å². The van der Waals surface area contributed by atoms with Crippen LogP contribution in [0.4, 0.5) is 0 Å². The molecule has 0 aliphatic heterocycles. The Hall–Kier alpha value is -4.96. The fraction of sp³-hybridized carbons (Fsp3) is 0.327. The number of carbonyl (C=O) groups excluding carboxylic acids is 1. The van der Waals surface area contributed by atoms with E-state index in [1.54, 1.807) is 18.4 Å². The van der Waals surface area contributed by atoms with Crippen molar-refractivity contribution < 1.29 is 18.4 Å². The summed E-state index contributed by atoms with van der Waals surface area (Å²) in [4.78, 5) is 46.1. The van der Waals surface area contributed by atoms with Crippen LogP contribution in [0.5, 0.6) is 0 Å². The Bertz CT molecular complexity index is 2860. The first-order valence-corrected chi connectivity index (χ1v) is 28.5. The number of hydrogen-bond donors (Lipinski definition) is 0. The van der Waals surface area contributed by atoms with Gasteiger partial charge < -0.3 is 13.6 Å². The van der Waals surface area contributed by atoms with Crippen LogP contribution < -0.4 is 32.0 Å². The van der Waals surface area contributed by atoms with E-state index in [-0.39, 0.29) is 18.2 Å². The lowest BCUT2D eigenvalue weighted by Crippen LogP contribution is -2.69. The minimum atomic E-state index is -3.44. The van der Waals surface area contributed by atoms with Gasteiger partial charge in [-0.05, 0) is 90.6 Å². The van der Waals surface area contributed by atoms with Crippen molar-refractivity contribution in [2.75, 3.05) is 13.2 Å². The van der Waals surface area contributed by atoms with E-state index in [0.717, 1.165) is 36.3 Å². The average molecular weight is 1020 g/mol. The Morgan fingerprint density at radius 3 is 1.57 bits per heavy atom. The van der Waals surface area contributed by atoms with Crippen molar-refractivity contribution in [1.29, 1.82) is 0 Å². The number of nitrogens with zero attached hydrogens (tertiary/aromatic N) is 2. The zero-order chi connectivity index (χ0) is 48.4. The zero-order valence-electron chi connectivity index (χ0n) is 40.4. The van der Waals surface area contributed by atoms with E-state index in [2.05, 4.69) is 119 Å². The normalized spacial score (nSPS) is 13.2. The number of ether oxygens (including phenoxy) is 1. The maximum atomic E-state index is 15.4. The fourth-order valence-corrected chi connectivity index (χ4v) is 20.4. The standard InChI is InChI=1S/C55H63BrN2O6SSi2/c1-11-40-26-24-25-35-45(40)46(62-36-37-63-66(53(3,4)5,41-27-16-12-17-28-41)42-29-18-13-19-30-42)38-57-50-47(39(2)48(56)65-50)49(59)58(52(57)61)55(9,10)51(60)64-67(54(6,7)8,43-31-20-14-21-32-43)44-33-22-15-23-34-44/h12-35,46H,11,36-38H2,1-10H3. The van der Waals surface area contributed by atoms with Gasteiger partial charge in [0.05, 0.1) is 28.9 Å². The van der Waals surface area contributed by atoms with Crippen LogP contribution in [0.15, 0.2) is 159 Å². The molecule has 0 saturated carbocycles. The molecule has 350 valence electrons. The van der Waals surface area contributed by atoms with Crippen LogP contribution in [-0.2, 0) is 36.9 Å². The molecule has 7 rings (SSSR count). The molecular weight excluding hydrogens is 953 g/mol. The van der Waals surface area contributed by atoms with Gasteiger partial charge in [0.15, 0.2) is 0 Å². The maximum absolute atomic E-state index is 15.4. The van der Waals surface area contributed by atoms with Gasteiger partial charge in [-0.15, -0.1) is 11.3 Å². The minimum absolute atomic E-state index is 0.0675. The van der Waals surface area contributed by atoms with Gasteiger partial charge in [0.25, 0.3) is 13.9 Å². The minimum Gasteiger partial charge on any atom is -0.508 e. The van der Waals surface area contributed by atoms with Crippen molar-refractivity contribution in [3.8, 4) is 0 Å². The molecule has 0 saturated heterocycles. The number of thiophene rings is 1. The number of carbonyl (C=O) groups is 1. The molecule has 0 aliphatic carbocycles. The molecule has 8 nitrogen and oxygen atoms in total. The Morgan fingerprint density at radius 1 is 0.657 bits per heavy atom. The van der Waals surface area contributed by atoms with Crippen molar-refractivity contribution in [3.63, 3.8) is 0 Å². The third-order valence-electron chi connectivity index (χ3n) is 13.1. The number of halogens is 1. The Morgan fingerprint density at radius 2 is 1.10 bits per heavy atom. The molecule has 0 fully saturated rings. The number of benzene rings is 5. The van der Waals surface area contributed by atoms with Crippen molar-refractivity contribution in [2.45, 2.75) is 104 Å². The number of fused-ring (bicyclic) bond motifs is 1. The molecule has 12 heteroatoms. The predicted octanol–water partition coefficient (Wildman–Crippen LogP) is 10.0. The van der Waals surface area contributed by atoms with E-state index in [1.807, 2.05) is 97.9 Å². The lowest BCUT2D eigenvalue weighted by molar-refractivity contribution is -0.144. The van der Waals surface area contributed by atoms with Crippen molar-refractivity contribution >= 4 is 80.8 Å². The van der Waals surface area contributed by atoms with Gasteiger partial charge in [-0.25, -0.2) is 9.36 Å². The second-order valence-corrected chi connectivity index (χ2v) is 30.6. The topological polar surface area (TPSA) is 88.8 Å². The van der Waals surface area contributed by atoms with E-state index in [1.165, 1.54) is 21.7 Å². The molecule has 2 aromatic heterocycles. The molecule has 2 heterocycles. The molecule has 0 bridgehead atoms. The van der Waals surface area contributed by atoms with Crippen LogP contribution in [0.25, 0.3) is 10.2 Å². The van der Waals surface area contributed by atoms with Crippen LogP contribution in [0.3, 0.4) is 0 Å². The SMILES string of the molecule is CCc1ccccc1C(Cn1c(=O)n(C(C)(C)C(=O)O[Si](c2ccccc2)(c2ccccc2)C(C)(C)C)c(=O)c2c(C)c(Br)sc21)OCCO[Si](c1ccccc1)(c1ccccc1)C(C)(C)C. The Kier molecular flexibility index (Phi) is 14.9. The second-order valence-electron chi connectivity index (χ2n) is 19.7. The molecule has 7 aromatic rings. The third-order valence-corrected chi connectivity index (χ3v) is 25.3. The van der Waals surface area contributed by atoms with E-state index in [0.29, 0.717) is 22.4 Å². The number of rotatable bonds is 16. The van der Waals surface area contributed by atoms with E-state index in [9.17, 15) is 4.79 Å². The molecule has 1 atom stereocenters. The summed E-state index contributed by atoms with van der Waals surface area (Å²) in [6, 6.07) is 48.9. The zero-order valence-corrected chi connectivity index (χ0v) is 44.8. The highest BCUT2D eigenvalue weighted by atomic mass is 79.9. The number of aromatic nitrogens is 2. The molecular formula is C55H63BrN2O6SSi2. The summed E-state index contributed by atoms with van der Waals surface area (Å²) >= 11 is 5.03. The van der Waals surface area contributed by atoms with Crippen LogP contribution >= 0.6 is 27.3 Å². The fourth-order valence-electron chi connectivity index (χ4n) is 9.70. The second kappa shape index (κ2) is 19.9. The van der Waals surface area contributed by atoms with Gasteiger partial charge in [0.2, 0.25) is 0 Å². The molecule has 67 heavy (non-hydrogen) atoms. The van der Waals surface area contributed by atoms with E-state index in [4.69, 9.17) is 13.6 Å². The molecule has 0 aliphatic rings. The molecule has 1 unspecified atom stereocenters. The smallest absolute Gasteiger partial charge is 0.333 e. The van der Waals surface area contributed by atoms with Crippen molar-refractivity contribution in [2.24, 2.45) is 0 Å². The average Bonchev–Trinajstić information content (AvgIpc) is 3.61. The largest absolute Gasteiger partial charge is 0.508 e. The van der Waals surface area contributed by atoms with Gasteiger partial charge in [0.1, 0.15) is 16.5 Å². The first kappa shape index (κ1) is 49.9. The first-order valence-electron chi connectivity index (χ1n) is 23.0. The summed E-state index contributed by atoms with van der Waals surface area (Å²) < 4.78 is 24.7. The van der Waals surface area contributed by atoms with Gasteiger partial charge in [0, 0.05) is 0 Å². The summed E-state index contributed by atoms with van der Waals surface area (Å²) in [5.74, 6) is -0.663.